The molecule has 0 saturated heterocycles. The molecule has 2 aromatic rings. The lowest BCUT2D eigenvalue weighted by molar-refractivity contribution is 0.0965. The van der Waals surface area contributed by atoms with Crippen LogP contribution in [0.4, 0.5) is 4.79 Å². The fourth-order valence-corrected chi connectivity index (χ4v) is 2.02. The van der Waals surface area contributed by atoms with Crippen molar-refractivity contribution in [2.24, 2.45) is 0 Å². The molecular weight excluding hydrogens is 296 g/mol. The van der Waals surface area contributed by atoms with Crippen molar-refractivity contribution in [1.29, 1.82) is 0 Å². The normalized spacial score (nSPS) is 9.91. The largest absolute Gasteiger partial charge is 0.326 e. The van der Waals surface area contributed by atoms with Gasteiger partial charge in [0.2, 0.25) is 0 Å². The summed E-state index contributed by atoms with van der Waals surface area (Å²) in [4.78, 5) is 24.0. The first-order valence-electron chi connectivity index (χ1n) is 6.76. The molecule has 4 nitrogen and oxygen atoms in total. The summed E-state index contributed by atoms with van der Waals surface area (Å²) in [6.45, 7) is 3.89. The van der Waals surface area contributed by atoms with Crippen LogP contribution >= 0.6 is 12.2 Å². The van der Waals surface area contributed by atoms with Gasteiger partial charge in [0.05, 0.1) is 0 Å². The lowest BCUT2D eigenvalue weighted by Gasteiger charge is -2.08. The summed E-state index contributed by atoms with van der Waals surface area (Å²) in [7, 11) is 0. The molecule has 5 heteroatoms. The standard InChI is InChI=1S/C17H16N2O2S/c1-11-3-7-13(8-4-11)15(20)18-17(21)19-16(22)14-9-5-12(2)6-10-14/h3-10H,1-2H3,(H2,18,19,20,21,22). The van der Waals surface area contributed by atoms with Gasteiger partial charge in [-0.2, -0.15) is 0 Å². The van der Waals surface area contributed by atoms with E-state index in [0.717, 1.165) is 16.7 Å². The molecule has 0 radical (unpaired) electrons. The van der Waals surface area contributed by atoms with Crippen LogP contribution in [0.25, 0.3) is 0 Å². The number of amides is 3. The summed E-state index contributed by atoms with van der Waals surface area (Å²) in [5.41, 5.74) is 3.28. The van der Waals surface area contributed by atoms with Crippen LogP contribution in [0.3, 0.4) is 0 Å². The Kier molecular flexibility index (Phi) is 5.01. The van der Waals surface area contributed by atoms with Crippen LogP contribution in [0, 0.1) is 13.8 Å². The van der Waals surface area contributed by atoms with E-state index in [2.05, 4.69) is 10.6 Å². The highest BCUT2D eigenvalue weighted by Gasteiger charge is 2.11. The fraction of sp³-hybridized carbons (Fsp3) is 0.118. The summed E-state index contributed by atoms with van der Waals surface area (Å²) in [6.07, 6.45) is 0. The molecule has 0 fully saturated rings. The summed E-state index contributed by atoms with van der Waals surface area (Å²) in [6, 6.07) is 13.7. The quantitative estimate of drug-likeness (QED) is 0.838. The highest BCUT2D eigenvalue weighted by Crippen LogP contribution is 2.04. The first-order valence-corrected chi connectivity index (χ1v) is 7.16. The Morgan fingerprint density at radius 1 is 0.773 bits per heavy atom. The Morgan fingerprint density at radius 3 is 1.73 bits per heavy atom. The summed E-state index contributed by atoms with van der Waals surface area (Å²) < 4.78 is 0. The molecule has 112 valence electrons. The van der Waals surface area contributed by atoms with E-state index in [4.69, 9.17) is 12.2 Å². The van der Waals surface area contributed by atoms with Crippen molar-refractivity contribution in [2.75, 3.05) is 0 Å². The Morgan fingerprint density at radius 2 is 1.23 bits per heavy atom. The van der Waals surface area contributed by atoms with Gasteiger partial charge in [0.25, 0.3) is 5.91 Å². The maximum Gasteiger partial charge on any atom is 0.326 e. The van der Waals surface area contributed by atoms with Crippen molar-refractivity contribution in [3.05, 3.63) is 70.8 Å². The van der Waals surface area contributed by atoms with Gasteiger partial charge < -0.3 is 0 Å². The number of rotatable bonds is 2. The number of imide groups is 1. The van der Waals surface area contributed by atoms with Crippen LogP contribution in [0.1, 0.15) is 27.0 Å². The zero-order valence-electron chi connectivity index (χ0n) is 12.3. The molecule has 0 aliphatic heterocycles. The van der Waals surface area contributed by atoms with Gasteiger partial charge in [-0.15, -0.1) is 0 Å². The molecular formula is C17H16N2O2S. The first-order chi connectivity index (χ1) is 10.5. The van der Waals surface area contributed by atoms with Gasteiger partial charge in [0.1, 0.15) is 4.99 Å². The van der Waals surface area contributed by atoms with Crippen molar-refractivity contribution < 1.29 is 9.59 Å². The predicted molar refractivity (Wildman–Crippen MR) is 90.1 cm³/mol. The van der Waals surface area contributed by atoms with E-state index in [1.54, 1.807) is 12.1 Å². The lowest BCUT2D eigenvalue weighted by Crippen LogP contribution is -2.42. The number of thiocarbonyl (C=S) groups is 1. The van der Waals surface area contributed by atoms with Gasteiger partial charge in [0, 0.05) is 11.1 Å². The molecule has 3 amide bonds. The van der Waals surface area contributed by atoms with Crippen molar-refractivity contribution >= 4 is 29.1 Å². The number of benzene rings is 2. The minimum atomic E-state index is -0.642. The molecule has 0 unspecified atom stereocenters. The topological polar surface area (TPSA) is 58.2 Å². The van der Waals surface area contributed by atoms with Gasteiger partial charge in [-0.3, -0.25) is 15.4 Å². The number of hydrogen-bond acceptors (Lipinski definition) is 3. The third-order valence-electron chi connectivity index (χ3n) is 3.08. The van der Waals surface area contributed by atoms with Crippen molar-refractivity contribution in [3.8, 4) is 0 Å². The smallest absolute Gasteiger partial charge is 0.298 e. The minimum absolute atomic E-state index is 0.272. The molecule has 2 rings (SSSR count). The summed E-state index contributed by atoms with van der Waals surface area (Å²) in [5.74, 6) is -0.468. The number of hydrogen-bond donors (Lipinski definition) is 2. The molecule has 0 aromatic heterocycles. The second-order valence-electron chi connectivity index (χ2n) is 4.97. The third kappa shape index (κ3) is 4.23. The maximum absolute atomic E-state index is 11.9. The van der Waals surface area contributed by atoms with Crippen molar-refractivity contribution in [3.63, 3.8) is 0 Å². The second kappa shape index (κ2) is 6.95. The summed E-state index contributed by atoms with van der Waals surface area (Å²) >= 11 is 5.14. The molecule has 2 aromatic carbocycles. The highest BCUT2D eigenvalue weighted by molar-refractivity contribution is 7.80. The molecule has 0 aliphatic carbocycles. The highest BCUT2D eigenvalue weighted by atomic mass is 32.1. The predicted octanol–water partition coefficient (Wildman–Crippen LogP) is 3.12. The lowest BCUT2D eigenvalue weighted by atomic mass is 10.1. The fourth-order valence-electron chi connectivity index (χ4n) is 1.79. The van der Waals surface area contributed by atoms with E-state index in [1.165, 1.54) is 0 Å². The minimum Gasteiger partial charge on any atom is -0.298 e. The number of nitrogens with one attached hydrogen (secondary N) is 2. The van der Waals surface area contributed by atoms with Crippen LogP contribution in [-0.4, -0.2) is 16.9 Å². The molecule has 0 aliphatic rings. The number of carbonyl (C=O) groups excluding carboxylic acids is 2. The Bertz CT molecular complexity index is 645. The van der Waals surface area contributed by atoms with E-state index >= 15 is 0 Å². The average molecular weight is 312 g/mol. The van der Waals surface area contributed by atoms with Gasteiger partial charge in [-0.25, -0.2) is 4.79 Å². The summed E-state index contributed by atoms with van der Waals surface area (Å²) in [5, 5.41) is 4.74. The maximum atomic E-state index is 11.9. The van der Waals surface area contributed by atoms with Crippen LogP contribution in [0.15, 0.2) is 48.5 Å². The molecule has 0 saturated carbocycles. The van der Waals surface area contributed by atoms with Gasteiger partial charge in [-0.1, -0.05) is 59.7 Å². The van der Waals surface area contributed by atoms with E-state index < -0.39 is 11.9 Å². The van der Waals surface area contributed by atoms with Crippen LogP contribution < -0.4 is 10.6 Å². The number of carbonyl (C=O) groups is 2. The molecule has 22 heavy (non-hydrogen) atoms. The van der Waals surface area contributed by atoms with E-state index in [1.807, 2.05) is 50.2 Å². The number of aryl methyl sites for hydroxylation is 2. The third-order valence-corrected chi connectivity index (χ3v) is 3.42. The van der Waals surface area contributed by atoms with E-state index in [0.29, 0.717) is 5.56 Å². The van der Waals surface area contributed by atoms with Gasteiger partial charge in [0.15, 0.2) is 0 Å². The Balaban J connectivity index is 1.95. The molecule has 0 atom stereocenters. The monoisotopic (exact) mass is 312 g/mol. The van der Waals surface area contributed by atoms with Crippen molar-refractivity contribution in [1.82, 2.24) is 10.6 Å². The SMILES string of the molecule is Cc1ccc(C(=O)NC(=O)NC(=S)c2ccc(C)cc2)cc1. The Labute approximate surface area is 134 Å². The van der Waals surface area contributed by atoms with E-state index in [-0.39, 0.29) is 4.99 Å². The average Bonchev–Trinajstić information content (AvgIpc) is 2.48. The molecule has 0 spiro atoms. The van der Waals surface area contributed by atoms with Crippen LogP contribution in [0.5, 0.6) is 0 Å². The Hall–Kier alpha value is -2.53. The molecule has 0 heterocycles. The van der Waals surface area contributed by atoms with Crippen LogP contribution in [-0.2, 0) is 0 Å². The molecule has 2 N–H and O–H groups in total. The van der Waals surface area contributed by atoms with Gasteiger partial charge in [-0.05, 0) is 26.0 Å². The van der Waals surface area contributed by atoms with E-state index in [9.17, 15) is 9.59 Å². The molecule has 0 bridgehead atoms. The first kappa shape index (κ1) is 15.9. The second-order valence-corrected chi connectivity index (χ2v) is 5.38. The van der Waals surface area contributed by atoms with Gasteiger partial charge >= 0.3 is 6.03 Å². The van der Waals surface area contributed by atoms with Crippen molar-refractivity contribution in [2.45, 2.75) is 13.8 Å². The zero-order chi connectivity index (χ0) is 16.1. The number of urea groups is 1. The van der Waals surface area contributed by atoms with Crippen LogP contribution in [0.2, 0.25) is 0 Å². The zero-order valence-corrected chi connectivity index (χ0v) is 13.2.